The van der Waals surface area contributed by atoms with Gasteiger partial charge in [-0.3, -0.25) is 0 Å². The molecule has 0 aromatic rings. The minimum atomic E-state index is 0. The van der Waals surface area contributed by atoms with E-state index in [1.165, 1.54) is 13.8 Å². The molecule has 0 aliphatic heterocycles. The van der Waals surface area contributed by atoms with Crippen LogP contribution < -0.4 is 0 Å². The zero-order chi connectivity index (χ0) is 3.58. The summed E-state index contributed by atoms with van der Waals surface area (Å²) in [6.45, 7) is 3.06. The van der Waals surface area contributed by atoms with E-state index in [4.69, 9.17) is 0 Å². The largest absolute Gasteiger partial charge is 0.300 e. The van der Waals surface area contributed by atoms with Crippen LogP contribution in [0.1, 0.15) is 13.8 Å². The van der Waals surface area contributed by atoms with Gasteiger partial charge in [0.2, 0.25) is 0 Å². The third-order valence-corrected chi connectivity index (χ3v) is 0. The summed E-state index contributed by atoms with van der Waals surface area (Å²) in [4.78, 5) is 9.44. The molecule has 0 unspecified atom stereocenters. The molecule has 0 saturated carbocycles. The maximum atomic E-state index is 9.44. The summed E-state index contributed by atoms with van der Waals surface area (Å²) in [5.41, 5.74) is 0. The molecule has 0 spiro atoms. The molecule has 0 aromatic heterocycles. The number of hydrogen-bond donors (Lipinski definition) is 0. The van der Waals surface area contributed by atoms with Crippen LogP contribution in [0.3, 0.4) is 0 Å². The summed E-state index contributed by atoms with van der Waals surface area (Å²) in [6.07, 6.45) is 0. The van der Waals surface area contributed by atoms with Crippen LogP contribution in [0.5, 0.6) is 0 Å². The molecule has 0 bridgehead atoms. The van der Waals surface area contributed by atoms with Crippen molar-refractivity contribution in [2.75, 3.05) is 0 Å². The average molecular weight is 248 g/mol. The summed E-state index contributed by atoms with van der Waals surface area (Å²) < 4.78 is 0. The topological polar surface area (TPSA) is 17.1 Å². The Morgan fingerprint density at radius 3 is 1.40 bits per heavy atom. The molecule has 0 atom stereocenters. The maximum absolute atomic E-state index is 9.44. The predicted octanol–water partition coefficient (Wildman–Crippen LogP) is 0.593. The van der Waals surface area contributed by atoms with Crippen LogP contribution in [0.2, 0.25) is 0 Å². The van der Waals surface area contributed by atoms with Crippen molar-refractivity contribution in [3.8, 4) is 0 Å². The number of hydrogen-bond acceptors (Lipinski definition) is 1. The number of carbonyl (C=O) groups is 1. The van der Waals surface area contributed by atoms with Gasteiger partial charge in [-0.05, 0) is 13.8 Å². The van der Waals surface area contributed by atoms with Gasteiger partial charge in [-0.1, -0.05) is 0 Å². The molecule has 0 rings (SSSR count). The Morgan fingerprint density at radius 2 is 1.40 bits per heavy atom. The first-order chi connectivity index (χ1) is 1.73. The number of ketones is 1. The standard InChI is InChI=1S/C3H6O.Os/c1-3(2)4;/h1-2H3;. The van der Waals surface area contributed by atoms with Gasteiger partial charge in [0, 0.05) is 19.8 Å². The van der Waals surface area contributed by atoms with E-state index in [0.717, 1.165) is 0 Å². The van der Waals surface area contributed by atoms with Crippen molar-refractivity contribution in [1.82, 2.24) is 0 Å². The minimum absolute atomic E-state index is 0. The van der Waals surface area contributed by atoms with E-state index in [9.17, 15) is 4.79 Å². The first kappa shape index (κ1) is 9.00. The molecule has 0 radical (unpaired) electrons. The van der Waals surface area contributed by atoms with Crippen molar-refractivity contribution in [2.45, 2.75) is 13.8 Å². The minimum Gasteiger partial charge on any atom is -0.300 e. The monoisotopic (exact) mass is 250 g/mol. The molecular formula is C3H6OOs. The van der Waals surface area contributed by atoms with E-state index in [1.54, 1.807) is 0 Å². The summed E-state index contributed by atoms with van der Waals surface area (Å²) in [5, 5.41) is 0. The van der Waals surface area contributed by atoms with Crippen molar-refractivity contribution < 1.29 is 24.6 Å². The zero-order valence-electron chi connectivity index (χ0n) is 3.26. The van der Waals surface area contributed by atoms with E-state index in [2.05, 4.69) is 0 Å². The van der Waals surface area contributed by atoms with Crippen LogP contribution in [0.25, 0.3) is 0 Å². The van der Waals surface area contributed by atoms with Crippen LogP contribution in [0, 0.1) is 0 Å². The second kappa shape index (κ2) is 4.31. The van der Waals surface area contributed by atoms with Crippen LogP contribution >= 0.6 is 0 Å². The third-order valence-electron chi connectivity index (χ3n) is 0. The Bertz CT molecular complexity index is 29.9. The van der Waals surface area contributed by atoms with Crippen molar-refractivity contribution in [2.24, 2.45) is 0 Å². The van der Waals surface area contributed by atoms with Crippen molar-refractivity contribution in [1.29, 1.82) is 0 Å². The fraction of sp³-hybridized carbons (Fsp3) is 0.667. The van der Waals surface area contributed by atoms with Gasteiger partial charge in [-0.2, -0.15) is 0 Å². The Morgan fingerprint density at radius 1 is 1.40 bits per heavy atom. The molecule has 0 fully saturated rings. The Kier molecular flexibility index (Phi) is 7.75. The molecule has 1 nitrogen and oxygen atoms in total. The van der Waals surface area contributed by atoms with Gasteiger partial charge in [0.1, 0.15) is 5.78 Å². The molecule has 0 aliphatic carbocycles. The van der Waals surface area contributed by atoms with E-state index in [0.29, 0.717) is 0 Å². The Hall–Kier alpha value is 0.306. The van der Waals surface area contributed by atoms with E-state index < -0.39 is 0 Å². The number of carbonyl (C=O) groups excluding carboxylic acids is 1. The summed E-state index contributed by atoms with van der Waals surface area (Å²) in [5.74, 6) is 0.167. The molecule has 0 saturated heterocycles. The summed E-state index contributed by atoms with van der Waals surface area (Å²) in [6, 6.07) is 0. The van der Waals surface area contributed by atoms with Crippen LogP contribution in [-0.2, 0) is 24.6 Å². The predicted molar refractivity (Wildman–Crippen MR) is 16.4 cm³/mol. The van der Waals surface area contributed by atoms with Gasteiger partial charge in [0.25, 0.3) is 0 Å². The summed E-state index contributed by atoms with van der Waals surface area (Å²) >= 11 is 0. The van der Waals surface area contributed by atoms with Crippen LogP contribution in [-0.4, -0.2) is 5.78 Å². The van der Waals surface area contributed by atoms with E-state index in [-0.39, 0.29) is 25.6 Å². The quantitative estimate of drug-likeness (QED) is 0.613. The second-order valence-corrected chi connectivity index (χ2v) is 0.908. The molecule has 0 heterocycles. The molecule has 5 heavy (non-hydrogen) atoms. The molecule has 0 aliphatic rings. The normalized spacial score (nSPS) is 5.20. The summed E-state index contributed by atoms with van der Waals surface area (Å²) in [7, 11) is 0. The van der Waals surface area contributed by atoms with Crippen molar-refractivity contribution in [3.63, 3.8) is 0 Å². The van der Waals surface area contributed by atoms with Gasteiger partial charge in [-0.25, -0.2) is 0 Å². The fourth-order valence-electron chi connectivity index (χ4n) is 0. The molecule has 2 heteroatoms. The van der Waals surface area contributed by atoms with Gasteiger partial charge < -0.3 is 4.79 Å². The van der Waals surface area contributed by atoms with Crippen LogP contribution in [0.4, 0.5) is 0 Å². The molecule has 0 amide bonds. The Labute approximate surface area is 44.8 Å². The van der Waals surface area contributed by atoms with Gasteiger partial charge in [0.05, 0.1) is 0 Å². The van der Waals surface area contributed by atoms with Crippen molar-refractivity contribution in [3.05, 3.63) is 0 Å². The Balaban J connectivity index is 0. The number of rotatable bonds is 0. The maximum Gasteiger partial charge on any atom is 0.126 e. The molecular weight excluding hydrogens is 242 g/mol. The third kappa shape index (κ3) is 244. The first-order valence-corrected chi connectivity index (χ1v) is 1.20. The molecule has 0 N–H and O–H groups in total. The van der Waals surface area contributed by atoms with Gasteiger partial charge in [-0.15, -0.1) is 0 Å². The average Bonchev–Trinajstić information content (AvgIpc) is 0.811. The SMILES string of the molecule is CC(C)=O.[Os]. The van der Waals surface area contributed by atoms with E-state index in [1.807, 2.05) is 0 Å². The smallest absolute Gasteiger partial charge is 0.126 e. The molecule has 0 aromatic carbocycles. The number of Topliss-reactive ketones (excluding diaryl/α,β-unsaturated/α-hetero) is 1. The van der Waals surface area contributed by atoms with Gasteiger partial charge in [0.15, 0.2) is 0 Å². The molecule has 32 valence electrons. The van der Waals surface area contributed by atoms with E-state index >= 15 is 0 Å². The first-order valence-electron chi connectivity index (χ1n) is 1.20. The fourth-order valence-corrected chi connectivity index (χ4v) is 0. The van der Waals surface area contributed by atoms with Crippen LogP contribution in [0.15, 0.2) is 0 Å². The van der Waals surface area contributed by atoms with Crippen molar-refractivity contribution >= 4 is 5.78 Å². The second-order valence-electron chi connectivity index (χ2n) is 0.908. The van der Waals surface area contributed by atoms with Gasteiger partial charge >= 0.3 is 0 Å². The zero-order valence-corrected chi connectivity index (χ0v) is 5.80.